The Hall–Kier alpha value is -2.38. The van der Waals surface area contributed by atoms with Crippen LogP contribution in [-0.4, -0.2) is 53.4 Å². The van der Waals surface area contributed by atoms with E-state index in [1.54, 1.807) is 28.5 Å². The largest absolute Gasteiger partial charge is 0.504 e. The number of ether oxygens (including phenoxy) is 1. The average molecular weight is 400 g/mol. The van der Waals surface area contributed by atoms with Crippen molar-refractivity contribution in [1.82, 2.24) is 9.91 Å². The minimum Gasteiger partial charge on any atom is -0.504 e. The van der Waals surface area contributed by atoms with Crippen molar-refractivity contribution < 1.29 is 14.6 Å². The van der Waals surface area contributed by atoms with Gasteiger partial charge in [0.2, 0.25) is 0 Å². The molecule has 0 radical (unpaired) electrons. The minimum absolute atomic E-state index is 0.0116. The lowest BCUT2D eigenvalue weighted by atomic mass is 9.98. The number of phenols is 1. The number of hydrogen-bond donors (Lipinski definition) is 1. The van der Waals surface area contributed by atoms with E-state index in [9.17, 15) is 9.90 Å². The van der Waals surface area contributed by atoms with Gasteiger partial charge in [-0.05, 0) is 48.8 Å². The number of nitrogens with zero attached hydrogens (tertiary/aromatic N) is 3. The van der Waals surface area contributed by atoms with Gasteiger partial charge < -0.3 is 9.84 Å². The SMILES string of the molecule is COc1c(O)cccc1C1CC(c2ccsc2)=NN1C(=O)CN1CCCCC1. The number of para-hydroxylation sites is 1. The average Bonchev–Trinajstić information content (AvgIpc) is 3.38. The number of hydrogen-bond acceptors (Lipinski definition) is 6. The van der Waals surface area contributed by atoms with E-state index in [0.29, 0.717) is 18.7 Å². The fourth-order valence-electron chi connectivity index (χ4n) is 3.99. The first kappa shape index (κ1) is 19.0. The van der Waals surface area contributed by atoms with Gasteiger partial charge in [0.05, 0.1) is 25.4 Å². The van der Waals surface area contributed by atoms with Gasteiger partial charge in [-0.3, -0.25) is 9.69 Å². The second-order valence-electron chi connectivity index (χ2n) is 7.25. The van der Waals surface area contributed by atoms with Crippen molar-refractivity contribution in [2.75, 3.05) is 26.7 Å². The maximum Gasteiger partial charge on any atom is 0.257 e. The van der Waals surface area contributed by atoms with E-state index in [2.05, 4.69) is 4.90 Å². The molecule has 1 amide bonds. The molecular weight excluding hydrogens is 374 g/mol. The predicted octanol–water partition coefficient (Wildman–Crippen LogP) is 3.63. The van der Waals surface area contributed by atoms with Crippen LogP contribution in [0.4, 0.5) is 0 Å². The highest BCUT2D eigenvalue weighted by atomic mass is 32.1. The summed E-state index contributed by atoms with van der Waals surface area (Å²) in [6, 6.07) is 7.02. The van der Waals surface area contributed by atoms with Crippen LogP contribution in [0.3, 0.4) is 0 Å². The molecule has 1 aromatic carbocycles. The molecule has 4 rings (SSSR count). The molecule has 3 heterocycles. The number of methoxy groups -OCH3 is 1. The Balaban J connectivity index is 1.64. The molecule has 0 saturated carbocycles. The number of aromatic hydroxyl groups is 1. The summed E-state index contributed by atoms with van der Waals surface area (Å²) >= 11 is 1.61. The van der Waals surface area contributed by atoms with Gasteiger partial charge in [-0.15, -0.1) is 0 Å². The molecule has 0 bridgehead atoms. The molecule has 6 nitrogen and oxygen atoms in total. The van der Waals surface area contributed by atoms with E-state index in [-0.39, 0.29) is 17.7 Å². The summed E-state index contributed by atoms with van der Waals surface area (Å²) in [6.45, 7) is 2.29. The van der Waals surface area contributed by atoms with Crippen LogP contribution < -0.4 is 4.74 Å². The number of piperidine rings is 1. The van der Waals surface area contributed by atoms with E-state index >= 15 is 0 Å². The molecule has 1 fully saturated rings. The number of likely N-dealkylation sites (tertiary alicyclic amines) is 1. The highest BCUT2D eigenvalue weighted by Crippen LogP contribution is 2.41. The van der Waals surface area contributed by atoms with Crippen LogP contribution in [0.2, 0.25) is 0 Å². The summed E-state index contributed by atoms with van der Waals surface area (Å²) in [5.74, 6) is 0.472. The van der Waals surface area contributed by atoms with Gasteiger partial charge >= 0.3 is 0 Å². The fraction of sp³-hybridized carbons (Fsp3) is 0.429. The van der Waals surface area contributed by atoms with Crippen LogP contribution in [0.25, 0.3) is 0 Å². The maximum absolute atomic E-state index is 13.2. The summed E-state index contributed by atoms with van der Waals surface area (Å²) in [5.41, 5.74) is 2.72. The number of hydrazone groups is 1. The Kier molecular flexibility index (Phi) is 5.64. The van der Waals surface area contributed by atoms with Crippen LogP contribution in [-0.2, 0) is 4.79 Å². The van der Waals surface area contributed by atoms with Crippen molar-refractivity contribution >= 4 is 23.0 Å². The first-order chi connectivity index (χ1) is 13.7. The highest BCUT2D eigenvalue weighted by Gasteiger charge is 2.36. The van der Waals surface area contributed by atoms with Crippen LogP contribution >= 0.6 is 11.3 Å². The number of thiophene rings is 1. The third-order valence-electron chi connectivity index (χ3n) is 5.42. The molecule has 1 aromatic heterocycles. The second kappa shape index (κ2) is 8.32. The Morgan fingerprint density at radius 3 is 2.82 bits per heavy atom. The normalized spacial score (nSPS) is 20.2. The zero-order valence-corrected chi connectivity index (χ0v) is 16.8. The molecule has 2 aromatic rings. The fourth-order valence-corrected chi connectivity index (χ4v) is 4.66. The zero-order valence-electron chi connectivity index (χ0n) is 16.0. The van der Waals surface area contributed by atoms with E-state index in [0.717, 1.165) is 42.8 Å². The monoisotopic (exact) mass is 399 g/mol. The number of rotatable bonds is 5. The summed E-state index contributed by atoms with van der Waals surface area (Å²) in [5, 5.41) is 20.6. The number of carbonyl (C=O) groups is 1. The molecule has 1 unspecified atom stereocenters. The van der Waals surface area contributed by atoms with Gasteiger partial charge in [-0.2, -0.15) is 16.4 Å². The second-order valence-corrected chi connectivity index (χ2v) is 8.03. The number of phenolic OH excluding ortho intramolecular Hbond substituents is 1. The standard InChI is InChI=1S/C21H25N3O3S/c1-27-21-16(6-5-7-19(21)25)18-12-17(15-8-11-28-14-15)22-24(18)20(26)13-23-9-3-2-4-10-23/h5-8,11,14,18,25H,2-4,9-10,12-13H2,1H3. The van der Waals surface area contributed by atoms with Crippen LogP contribution in [0.15, 0.2) is 40.1 Å². The predicted molar refractivity (Wildman–Crippen MR) is 110 cm³/mol. The van der Waals surface area contributed by atoms with Crippen LogP contribution in [0.5, 0.6) is 11.5 Å². The highest BCUT2D eigenvalue weighted by molar-refractivity contribution is 7.08. The molecule has 1 saturated heterocycles. The number of carbonyl (C=O) groups excluding carboxylic acids is 1. The van der Waals surface area contributed by atoms with Crippen LogP contribution in [0.1, 0.15) is 42.9 Å². The van der Waals surface area contributed by atoms with Gasteiger partial charge in [0.15, 0.2) is 11.5 Å². The zero-order chi connectivity index (χ0) is 19.5. The molecule has 28 heavy (non-hydrogen) atoms. The maximum atomic E-state index is 13.2. The van der Waals surface area contributed by atoms with Crippen molar-refractivity contribution in [2.45, 2.75) is 31.7 Å². The van der Waals surface area contributed by atoms with Gasteiger partial charge in [0.25, 0.3) is 5.91 Å². The molecule has 0 spiro atoms. The lowest BCUT2D eigenvalue weighted by Crippen LogP contribution is -2.40. The van der Waals surface area contributed by atoms with E-state index in [1.165, 1.54) is 13.5 Å². The van der Waals surface area contributed by atoms with Crippen molar-refractivity contribution in [2.24, 2.45) is 5.10 Å². The van der Waals surface area contributed by atoms with Crippen LogP contribution in [0, 0.1) is 0 Å². The van der Waals surface area contributed by atoms with Crippen molar-refractivity contribution in [3.05, 3.63) is 46.2 Å². The number of amides is 1. The first-order valence-corrected chi connectivity index (χ1v) is 10.6. The lowest BCUT2D eigenvalue weighted by molar-refractivity contribution is -0.134. The van der Waals surface area contributed by atoms with Crippen molar-refractivity contribution in [3.8, 4) is 11.5 Å². The summed E-state index contributed by atoms with van der Waals surface area (Å²) in [6.07, 6.45) is 4.11. The van der Waals surface area contributed by atoms with E-state index in [1.807, 2.05) is 22.9 Å². The first-order valence-electron chi connectivity index (χ1n) is 9.67. The Morgan fingerprint density at radius 2 is 2.11 bits per heavy atom. The molecule has 1 N–H and O–H groups in total. The third-order valence-corrected chi connectivity index (χ3v) is 6.10. The molecule has 1 atom stereocenters. The van der Waals surface area contributed by atoms with Gasteiger partial charge in [0.1, 0.15) is 0 Å². The molecule has 148 valence electrons. The third kappa shape index (κ3) is 3.77. The molecular formula is C21H25N3O3S. The molecule has 2 aliphatic rings. The van der Waals surface area contributed by atoms with Gasteiger partial charge in [0, 0.05) is 17.5 Å². The molecule has 2 aliphatic heterocycles. The Bertz CT molecular complexity index is 860. The molecule has 7 heteroatoms. The van der Waals surface area contributed by atoms with Crippen molar-refractivity contribution in [3.63, 3.8) is 0 Å². The summed E-state index contributed by atoms with van der Waals surface area (Å²) in [7, 11) is 1.54. The van der Waals surface area contributed by atoms with E-state index in [4.69, 9.17) is 9.84 Å². The smallest absolute Gasteiger partial charge is 0.257 e. The topological polar surface area (TPSA) is 65.4 Å². The quantitative estimate of drug-likeness (QED) is 0.834. The van der Waals surface area contributed by atoms with Gasteiger partial charge in [-0.1, -0.05) is 18.6 Å². The van der Waals surface area contributed by atoms with Gasteiger partial charge in [-0.25, -0.2) is 5.01 Å². The van der Waals surface area contributed by atoms with Crippen molar-refractivity contribution in [1.29, 1.82) is 0 Å². The van der Waals surface area contributed by atoms with E-state index < -0.39 is 0 Å². The Morgan fingerprint density at radius 1 is 1.29 bits per heavy atom. The Labute approximate surface area is 169 Å². The lowest BCUT2D eigenvalue weighted by Gasteiger charge is -2.29. The molecule has 0 aliphatic carbocycles. The summed E-state index contributed by atoms with van der Waals surface area (Å²) in [4.78, 5) is 15.4. The minimum atomic E-state index is -0.283. The number of benzene rings is 1. The summed E-state index contributed by atoms with van der Waals surface area (Å²) < 4.78 is 5.45.